The SMILES string of the molecule is [2H]c1c(-c2ccc3c4ccccc4c4ccccc4c3c2)c([2H])c2c(oc3c([2H])c([2H])c([2H])c(-c4cc(-c5ccccc5)nc(-c5ccccc5)n4)c32)c1[2H]. The standard InChI is InChI=1S/C46H28N2O/c1-3-12-29(13-4-1)41-28-42(48-46(47-41)30-14-5-2-6-15-30)38-20-11-21-44-45(38)40-27-32(23-25-43(40)49-44)31-22-24-37-35-18-8-7-16-33(35)34-17-9-10-19-36(34)39(37)26-31/h1-28H/i11D,20D,21D,23D,25D,27D. The van der Waals surface area contributed by atoms with Gasteiger partial charge in [-0.25, -0.2) is 9.97 Å². The Kier molecular flexibility index (Phi) is 4.96. The van der Waals surface area contributed by atoms with Crippen molar-refractivity contribution in [1.82, 2.24) is 9.97 Å². The molecule has 3 heteroatoms. The molecule has 0 N–H and O–H groups in total. The van der Waals surface area contributed by atoms with Gasteiger partial charge in [0.1, 0.15) is 11.2 Å². The van der Waals surface area contributed by atoms with Crippen LogP contribution in [0.2, 0.25) is 0 Å². The van der Waals surface area contributed by atoms with Gasteiger partial charge in [0, 0.05) is 27.5 Å². The van der Waals surface area contributed by atoms with E-state index in [1.807, 2.05) is 103 Å². The van der Waals surface area contributed by atoms with Gasteiger partial charge in [-0.1, -0.05) is 139 Å². The number of rotatable bonds is 4. The van der Waals surface area contributed by atoms with E-state index in [0.717, 1.165) is 43.4 Å². The Morgan fingerprint density at radius 1 is 0.429 bits per heavy atom. The average Bonchev–Trinajstić information content (AvgIpc) is 3.64. The Hall–Kier alpha value is -6.58. The van der Waals surface area contributed by atoms with Crippen molar-refractivity contribution in [3.63, 3.8) is 0 Å². The molecule has 0 bridgehead atoms. The van der Waals surface area contributed by atoms with E-state index in [0.29, 0.717) is 22.8 Å². The van der Waals surface area contributed by atoms with Gasteiger partial charge in [-0.3, -0.25) is 0 Å². The van der Waals surface area contributed by atoms with Crippen molar-refractivity contribution in [2.75, 3.05) is 0 Å². The van der Waals surface area contributed by atoms with E-state index in [4.69, 9.17) is 17.1 Å². The third-order valence-corrected chi connectivity index (χ3v) is 9.19. The molecule has 0 unspecified atom stereocenters. The van der Waals surface area contributed by atoms with Crippen LogP contribution in [0.15, 0.2) is 174 Å². The first-order valence-corrected chi connectivity index (χ1v) is 16.1. The van der Waals surface area contributed by atoms with E-state index in [2.05, 4.69) is 24.3 Å². The number of hydrogen-bond acceptors (Lipinski definition) is 3. The molecular formula is C46H28N2O. The number of fused-ring (bicyclic) bond motifs is 9. The lowest BCUT2D eigenvalue weighted by atomic mass is 9.92. The van der Waals surface area contributed by atoms with Crippen LogP contribution in [0.5, 0.6) is 0 Å². The summed E-state index contributed by atoms with van der Waals surface area (Å²) in [5.74, 6) is 0.399. The van der Waals surface area contributed by atoms with E-state index in [9.17, 15) is 5.48 Å². The smallest absolute Gasteiger partial charge is 0.160 e. The van der Waals surface area contributed by atoms with Gasteiger partial charge in [-0.05, 0) is 73.7 Å². The molecule has 2 aromatic heterocycles. The fourth-order valence-corrected chi connectivity index (χ4v) is 6.90. The Morgan fingerprint density at radius 3 is 1.76 bits per heavy atom. The largest absolute Gasteiger partial charge is 0.456 e. The summed E-state index contributed by atoms with van der Waals surface area (Å²) >= 11 is 0. The molecule has 49 heavy (non-hydrogen) atoms. The van der Waals surface area contributed by atoms with Crippen molar-refractivity contribution < 1.29 is 12.6 Å². The first-order valence-electron chi connectivity index (χ1n) is 19.1. The van der Waals surface area contributed by atoms with Crippen LogP contribution in [0.1, 0.15) is 8.22 Å². The Balaban J connectivity index is 1.30. The van der Waals surface area contributed by atoms with Crippen LogP contribution in [-0.4, -0.2) is 9.97 Å². The van der Waals surface area contributed by atoms with Crippen molar-refractivity contribution in [2.45, 2.75) is 0 Å². The zero-order chi connectivity index (χ0) is 37.5. The van der Waals surface area contributed by atoms with Crippen LogP contribution in [0, 0.1) is 0 Å². The van der Waals surface area contributed by atoms with Crippen molar-refractivity contribution in [2.24, 2.45) is 0 Å². The predicted octanol–water partition coefficient (Wildman–Crippen LogP) is 12.5. The van der Waals surface area contributed by atoms with Gasteiger partial charge in [0.2, 0.25) is 0 Å². The van der Waals surface area contributed by atoms with Gasteiger partial charge in [0.25, 0.3) is 0 Å². The van der Waals surface area contributed by atoms with Crippen molar-refractivity contribution in [3.05, 3.63) is 170 Å². The predicted molar refractivity (Wildman–Crippen MR) is 204 cm³/mol. The zero-order valence-electron chi connectivity index (χ0n) is 32.0. The molecule has 0 aliphatic carbocycles. The number of benzene rings is 8. The first kappa shape index (κ1) is 22.1. The van der Waals surface area contributed by atoms with Gasteiger partial charge < -0.3 is 4.42 Å². The third kappa shape index (κ3) is 4.51. The molecule has 0 saturated heterocycles. The monoisotopic (exact) mass is 630 g/mol. The molecule has 10 rings (SSSR count). The minimum atomic E-state index is -0.374. The van der Waals surface area contributed by atoms with E-state index < -0.39 is 0 Å². The fourth-order valence-electron chi connectivity index (χ4n) is 6.90. The molecule has 0 saturated carbocycles. The topological polar surface area (TPSA) is 38.9 Å². The van der Waals surface area contributed by atoms with E-state index in [1.54, 1.807) is 6.07 Å². The highest BCUT2D eigenvalue weighted by molar-refractivity contribution is 6.25. The molecule has 0 atom stereocenters. The lowest BCUT2D eigenvalue weighted by Crippen LogP contribution is -1.96. The summed E-state index contributed by atoms with van der Waals surface area (Å²) in [5, 5.41) is 6.76. The Labute approximate surface area is 291 Å². The molecule has 0 amide bonds. The second-order valence-electron chi connectivity index (χ2n) is 12.1. The van der Waals surface area contributed by atoms with Crippen molar-refractivity contribution >= 4 is 54.3 Å². The average molecular weight is 631 g/mol. The number of aromatic nitrogens is 2. The maximum atomic E-state index is 9.76. The molecule has 0 spiro atoms. The highest BCUT2D eigenvalue weighted by atomic mass is 16.3. The molecular weight excluding hydrogens is 597 g/mol. The molecule has 0 radical (unpaired) electrons. The van der Waals surface area contributed by atoms with Crippen LogP contribution in [0.3, 0.4) is 0 Å². The summed E-state index contributed by atoms with van der Waals surface area (Å²) in [6.07, 6.45) is 0. The minimum Gasteiger partial charge on any atom is -0.456 e. The van der Waals surface area contributed by atoms with Crippen molar-refractivity contribution in [1.29, 1.82) is 0 Å². The summed E-state index contributed by atoms with van der Waals surface area (Å²) in [7, 11) is 0. The number of hydrogen-bond donors (Lipinski definition) is 0. The first-order chi connectivity index (χ1) is 26.8. The molecule has 0 fully saturated rings. The molecule has 8 aromatic carbocycles. The van der Waals surface area contributed by atoms with Crippen molar-refractivity contribution in [3.8, 4) is 45.0 Å². The Morgan fingerprint density at radius 2 is 1.04 bits per heavy atom. The Bertz CT molecular complexity index is 3130. The minimum absolute atomic E-state index is 0.0401. The van der Waals surface area contributed by atoms with Crippen LogP contribution >= 0.6 is 0 Å². The van der Waals surface area contributed by atoms with Gasteiger partial charge in [-0.2, -0.15) is 0 Å². The lowest BCUT2D eigenvalue weighted by Gasteiger charge is -2.12. The van der Waals surface area contributed by atoms with Crippen LogP contribution < -0.4 is 0 Å². The molecule has 0 aliphatic rings. The highest BCUT2D eigenvalue weighted by Gasteiger charge is 2.18. The number of nitrogens with zero attached hydrogens (tertiary/aromatic N) is 2. The number of furan rings is 1. The molecule has 2 heterocycles. The maximum absolute atomic E-state index is 9.76. The van der Waals surface area contributed by atoms with Gasteiger partial charge in [0.05, 0.1) is 19.6 Å². The second-order valence-corrected chi connectivity index (χ2v) is 12.1. The summed E-state index contributed by atoms with van der Waals surface area (Å²) in [4.78, 5) is 9.83. The van der Waals surface area contributed by atoms with Gasteiger partial charge in [-0.15, -0.1) is 0 Å². The molecule has 3 nitrogen and oxygen atoms in total. The summed E-state index contributed by atoms with van der Waals surface area (Å²) in [5.41, 5.74) is 3.39. The van der Waals surface area contributed by atoms with E-state index >= 15 is 0 Å². The summed E-state index contributed by atoms with van der Waals surface area (Å²) < 4.78 is 61.4. The zero-order valence-corrected chi connectivity index (χ0v) is 26.0. The lowest BCUT2D eigenvalue weighted by molar-refractivity contribution is 0.669. The maximum Gasteiger partial charge on any atom is 0.160 e. The van der Waals surface area contributed by atoms with E-state index in [1.165, 1.54) is 0 Å². The van der Waals surface area contributed by atoms with Gasteiger partial charge in [0.15, 0.2) is 5.82 Å². The van der Waals surface area contributed by atoms with Gasteiger partial charge >= 0.3 is 0 Å². The fraction of sp³-hybridized carbons (Fsp3) is 0. The quantitative estimate of drug-likeness (QED) is 0.182. The molecule has 228 valence electrons. The molecule has 10 aromatic rings. The third-order valence-electron chi connectivity index (χ3n) is 9.19. The molecule has 0 aliphatic heterocycles. The second kappa shape index (κ2) is 11.0. The summed E-state index contributed by atoms with van der Waals surface area (Å²) in [6.45, 7) is 0. The summed E-state index contributed by atoms with van der Waals surface area (Å²) in [6, 6.07) is 41.7. The van der Waals surface area contributed by atoms with Crippen LogP contribution in [-0.2, 0) is 0 Å². The van der Waals surface area contributed by atoms with Crippen LogP contribution in [0.25, 0.3) is 99.3 Å². The van der Waals surface area contributed by atoms with E-state index in [-0.39, 0.29) is 69.3 Å². The normalized spacial score (nSPS) is 13.4. The van der Waals surface area contributed by atoms with Crippen LogP contribution in [0.4, 0.5) is 0 Å². The highest BCUT2D eigenvalue weighted by Crippen LogP contribution is 2.41.